The molecular formula is C26H21ClN2O5S. The lowest BCUT2D eigenvalue weighted by Crippen LogP contribution is -2.41. The lowest BCUT2D eigenvalue weighted by atomic mass is 9.98. The molecule has 0 aromatic heterocycles. The van der Waals surface area contributed by atoms with Crippen LogP contribution in [0.15, 0.2) is 66.7 Å². The fourth-order valence-corrected chi connectivity index (χ4v) is 5.82. The number of carbonyl (C=O) groups is 3. The molecule has 2 N–H and O–H groups in total. The van der Waals surface area contributed by atoms with Crippen LogP contribution in [0.4, 0.5) is 10.5 Å². The second-order valence-corrected chi connectivity index (χ2v) is 9.68. The first-order valence-electron chi connectivity index (χ1n) is 11.0. The minimum atomic E-state index is -1.05. The van der Waals surface area contributed by atoms with Crippen LogP contribution in [0.2, 0.25) is 5.02 Å². The van der Waals surface area contributed by atoms with Gasteiger partial charge in [0.1, 0.15) is 12.6 Å². The maximum atomic E-state index is 12.9. The van der Waals surface area contributed by atoms with Crippen LogP contribution < -0.4 is 5.32 Å². The molecule has 0 bridgehead atoms. The molecule has 1 saturated heterocycles. The molecule has 1 fully saturated rings. The summed E-state index contributed by atoms with van der Waals surface area (Å²) >= 11 is 7.63. The molecule has 3 aromatic carbocycles. The van der Waals surface area contributed by atoms with Crippen LogP contribution in [0, 0.1) is 0 Å². The minimum absolute atomic E-state index is 0.0860. The highest BCUT2D eigenvalue weighted by atomic mass is 35.5. The van der Waals surface area contributed by atoms with Crippen molar-refractivity contribution in [3.05, 3.63) is 88.4 Å². The molecule has 0 spiro atoms. The fourth-order valence-electron chi connectivity index (χ4n) is 4.51. The Hall–Kier alpha value is -3.49. The van der Waals surface area contributed by atoms with Gasteiger partial charge >= 0.3 is 12.1 Å². The molecule has 9 heteroatoms. The van der Waals surface area contributed by atoms with Gasteiger partial charge in [-0.15, -0.1) is 11.8 Å². The van der Waals surface area contributed by atoms with E-state index in [0.717, 1.165) is 22.3 Å². The zero-order valence-corrected chi connectivity index (χ0v) is 20.0. The van der Waals surface area contributed by atoms with E-state index in [2.05, 4.69) is 17.4 Å². The monoisotopic (exact) mass is 508 g/mol. The number of rotatable bonds is 5. The van der Waals surface area contributed by atoms with E-state index in [4.69, 9.17) is 16.3 Å². The number of carboxylic acid groups (broad SMARTS) is 1. The second-order valence-electron chi connectivity index (χ2n) is 8.27. The number of benzene rings is 3. The van der Waals surface area contributed by atoms with Crippen molar-refractivity contribution in [1.29, 1.82) is 0 Å². The molecule has 2 amide bonds. The van der Waals surface area contributed by atoms with Crippen LogP contribution in [0.3, 0.4) is 0 Å². The van der Waals surface area contributed by atoms with E-state index < -0.39 is 24.0 Å². The van der Waals surface area contributed by atoms with E-state index in [9.17, 15) is 19.5 Å². The van der Waals surface area contributed by atoms with Crippen molar-refractivity contribution in [2.24, 2.45) is 0 Å². The Kier molecular flexibility index (Phi) is 6.40. The topological polar surface area (TPSA) is 95.9 Å². The van der Waals surface area contributed by atoms with Gasteiger partial charge in [0.25, 0.3) is 5.91 Å². The van der Waals surface area contributed by atoms with Crippen LogP contribution in [0.25, 0.3) is 11.1 Å². The molecule has 0 saturated carbocycles. The Bertz CT molecular complexity index is 1290. The largest absolute Gasteiger partial charge is 0.480 e. The third-order valence-corrected chi connectivity index (χ3v) is 7.56. The Morgan fingerprint density at radius 1 is 1.03 bits per heavy atom. The predicted octanol–water partition coefficient (Wildman–Crippen LogP) is 5.30. The summed E-state index contributed by atoms with van der Waals surface area (Å²) in [7, 11) is 0. The van der Waals surface area contributed by atoms with Gasteiger partial charge in [-0.2, -0.15) is 0 Å². The highest BCUT2D eigenvalue weighted by molar-refractivity contribution is 7.99. The minimum Gasteiger partial charge on any atom is -0.480 e. The fraction of sp³-hybridized carbons (Fsp3) is 0.192. The van der Waals surface area contributed by atoms with E-state index in [1.807, 2.05) is 36.4 Å². The zero-order chi connectivity index (χ0) is 24.5. The number of aliphatic carboxylic acids is 1. The summed E-state index contributed by atoms with van der Waals surface area (Å²) in [5.41, 5.74) is 4.91. The molecule has 3 aromatic rings. The number of anilines is 1. The SMILES string of the molecule is O=C(Nc1cc(C(=O)N2CSCC2C(=O)O)ccc1Cl)OCC1c2ccccc2-c2ccccc21. The summed E-state index contributed by atoms with van der Waals surface area (Å²) in [6.45, 7) is 0.140. The second kappa shape index (κ2) is 9.64. The van der Waals surface area contributed by atoms with Crippen molar-refractivity contribution in [2.45, 2.75) is 12.0 Å². The summed E-state index contributed by atoms with van der Waals surface area (Å²) < 4.78 is 5.56. The third kappa shape index (κ3) is 4.47. The quantitative estimate of drug-likeness (QED) is 0.485. The lowest BCUT2D eigenvalue weighted by molar-refractivity contribution is -0.140. The van der Waals surface area contributed by atoms with E-state index in [1.54, 1.807) is 0 Å². The van der Waals surface area contributed by atoms with E-state index in [0.29, 0.717) is 5.75 Å². The molecule has 1 aliphatic heterocycles. The first-order valence-corrected chi connectivity index (χ1v) is 12.5. The van der Waals surface area contributed by atoms with Crippen molar-refractivity contribution >= 4 is 47.0 Å². The van der Waals surface area contributed by atoms with Crippen LogP contribution >= 0.6 is 23.4 Å². The third-order valence-electron chi connectivity index (χ3n) is 6.22. The number of hydrogen-bond acceptors (Lipinski definition) is 5. The highest BCUT2D eigenvalue weighted by Crippen LogP contribution is 2.44. The summed E-state index contributed by atoms with van der Waals surface area (Å²) in [5, 5.41) is 12.2. The molecule has 1 atom stereocenters. The molecule has 2 aliphatic rings. The molecule has 5 rings (SSSR count). The molecule has 178 valence electrons. The average molecular weight is 509 g/mol. The molecule has 0 radical (unpaired) electrons. The number of fused-ring (bicyclic) bond motifs is 3. The van der Waals surface area contributed by atoms with Gasteiger partial charge in [0.05, 0.1) is 16.6 Å². The van der Waals surface area contributed by atoms with Crippen LogP contribution in [0.5, 0.6) is 0 Å². The molecule has 7 nitrogen and oxygen atoms in total. The van der Waals surface area contributed by atoms with Gasteiger partial charge in [-0.25, -0.2) is 9.59 Å². The number of nitrogens with zero attached hydrogens (tertiary/aromatic N) is 1. The van der Waals surface area contributed by atoms with Gasteiger partial charge in [-0.3, -0.25) is 10.1 Å². The van der Waals surface area contributed by atoms with Gasteiger partial charge in [0.2, 0.25) is 0 Å². The highest BCUT2D eigenvalue weighted by Gasteiger charge is 2.35. The lowest BCUT2D eigenvalue weighted by Gasteiger charge is -2.21. The summed E-state index contributed by atoms with van der Waals surface area (Å²) in [6.07, 6.45) is -0.696. The summed E-state index contributed by atoms with van der Waals surface area (Å²) in [6, 6.07) is 19.7. The summed E-state index contributed by atoms with van der Waals surface area (Å²) in [5.74, 6) is -0.950. The smallest absolute Gasteiger partial charge is 0.411 e. The van der Waals surface area contributed by atoms with Gasteiger partial charge < -0.3 is 14.7 Å². The summed E-state index contributed by atoms with van der Waals surface area (Å²) in [4.78, 5) is 38.3. The van der Waals surface area contributed by atoms with Crippen molar-refractivity contribution in [3.8, 4) is 11.1 Å². The van der Waals surface area contributed by atoms with Crippen LogP contribution in [-0.4, -0.2) is 52.3 Å². The van der Waals surface area contributed by atoms with Crippen LogP contribution in [0.1, 0.15) is 27.4 Å². The number of amides is 2. The maximum Gasteiger partial charge on any atom is 0.411 e. The molecular weight excluding hydrogens is 488 g/mol. The van der Waals surface area contributed by atoms with Crippen molar-refractivity contribution in [3.63, 3.8) is 0 Å². The number of thioether (sulfide) groups is 1. The Morgan fingerprint density at radius 3 is 2.34 bits per heavy atom. The van der Waals surface area contributed by atoms with Gasteiger partial charge in [-0.05, 0) is 40.5 Å². The Balaban J connectivity index is 1.29. The zero-order valence-electron chi connectivity index (χ0n) is 18.4. The van der Waals surface area contributed by atoms with E-state index in [-0.39, 0.29) is 34.7 Å². The predicted molar refractivity (Wildman–Crippen MR) is 135 cm³/mol. The first-order chi connectivity index (χ1) is 16.9. The van der Waals surface area contributed by atoms with Gasteiger partial charge in [0, 0.05) is 17.2 Å². The Labute approximate surface area is 211 Å². The van der Waals surface area contributed by atoms with Crippen molar-refractivity contribution in [1.82, 2.24) is 4.90 Å². The van der Waals surface area contributed by atoms with E-state index in [1.165, 1.54) is 34.9 Å². The van der Waals surface area contributed by atoms with Gasteiger partial charge in [0.15, 0.2) is 0 Å². The van der Waals surface area contributed by atoms with Gasteiger partial charge in [-0.1, -0.05) is 60.1 Å². The number of carboxylic acids is 1. The van der Waals surface area contributed by atoms with Crippen molar-refractivity contribution in [2.75, 3.05) is 23.6 Å². The molecule has 1 aliphatic carbocycles. The molecule has 1 heterocycles. The number of halogens is 1. The number of hydrogen-bond donors (Lipinski definition) is 2. The molecule has 1 unspecified atom stereocenters. The maximum absolute atomic E-state index is 12.9. The van der Waals surface area contributed by atoms with Crippen LogP contribution in [-0.2, 0) is 9.53 Å². The Morgan fingerprint density at radius 2 is 1.69 bits per heavy atom. The van der Waals surface area contributed by atoms with Crippen molar-refractivity contribution < 1.29 is 24.2 Å². The number of nitrogens with one attached hydrogen (secondary N) is 1. The molecule has 35 heavy (non-hydrogen) atoms. The van der Waals surface area contributed by atoms with E-state index >= 15 is 0 Å². The first kappa shape index (κ1) is 23.3. The normalized spacial score (nSPS) is 16.5. The average Bonchev–Trinajstić information content (AvgIpc) is 3.47. The number of ether oxygens (including phenoxy) is 1. The number of carbonyl (C=O) groups excluding carboxylic acids is 2. The standard InChI is InChI=1S/C26H21ClN2O5S/c27-21-10-9-15(24(30)29-14-35-13-23(29)25(31)32)11-22(21)28-26(33)34-12-20-18-7-3-1-5-16(18)17-6-2-4-8-19(17)20/h1-11,20,23H,12-14H2,(H,28,33)(H,31,32).